The van der Waals surface area contributed by atoms with Crippen molar-refractivity contribution >= 4 is 12.0 Å². The third kappa shape index (κ3) is 5.04. The fourth-order valence-corrected chi connectivity index (χ4v) is 1.58. The first-order chi connectivity index (χ1) is 8.63. The van der Waals surface area contributed by atoms with E-state index in [1.54, 1.807) is 24.3 Å². The van der Waals surface area contributed by atoms with Gasteiger partial charge in [0.05, 0.1) is 6.61 Å². The average Bonchev–Trinajstić information content (AvgIpc) is 2.33. The van der Waals surface area contributed by atoms with Gasteiger partial charge in [-0.05, 0) is 42.7 Å². The third-order valence-corrected chi connectivity index (χ3v) is 2.64. The molecule has 0 spiro atoms. The van der Waals surface area contributed by atoms with Crippen LogP contribution in [0.2, 0.25) is 0 Å². The molecule has 0 heterocycles. The Bertz CT molecular complexity index is 422. The molecule has 0 aliphatic rings. The van der Waals surface area contributed by atoms with Gasteiger partial charge in [0.25, 0.3) is 0 Å². The molecule has 18 heavy (non-hydrogen) atoms. The highest BCUT2D eigenvalue weighted by atomic mass is 16.5. The molecule has 0 unspecified atom stereocenters. The van der Waals surface area contributed by atoms with E-state index in [0.29, 0.717) is 6.61 Å². The van der Waals surface area contributed by atoms with Crippen LogP contribution in [-0.4, -0.2) is 17.7 Å². The second-order valence-corrected chi connectivity index (χ2v) is 4.25. The second-order valence-electron chi connectivity index (χ2n) is 4.25. The summed E-state index contributed by atoms with van der Waals surface area (Å²) in [6, 6.07) is 5.02. The summed E-state index contributed by atoms with van der Waals surface area (Å²) in [4.78, 5) is 11.4. The molecule has 0 saturated carbocycles. The van der Waals surface area contributed by atoms with Crippen molar-refractivity contribution in [3.05, 3.63) is 35.4 Å². The van der Waals surface area contributed by atoms with Gasteiger partial charge in [0, 0.05) is 6.08 Å². The summed E-state index contributed by atoms with van der Waals surface area (Å²) in [5.41, 5.74) is 1.82. The Kier molecular flexibility index (Phi) is 5.98. The van der Waals surface area contributed by atoms with Gasteiger partial charge >= 0.3 is 5.97 Å². The summed E-state index contributed by atoms with van der Waals surface area (Å²) in [6.45, 7) is 4.47. The minimum atomic E-state index is -0.321. The van der Waals surface area contributed by atoms with E-state index in [0.717, 1.165) is 30.4 Å². The molecular weight excluding hydrogens is 228 g/mol. The number of aryl methyl sites for hydroxylation is 1. The summed E-state index contributed by atoms with van der Waals surface area (Å²) in [5, 5.41) is 9.27. The van der Waals surface area contributed by atoms with Crippen LogP contribution in [-0.2, 0) is 9.53 Å². The molecule has 1 N–H and O–H groups in total. The predicted molar refractivity (Wildman–Crippen MR) is 72.4 cm³/mol. The number of benzene rings is 1. The van der Waals surface area contributed by atoms with E-state index in [4.69, 9.17) is 4.74 Å². The van der Waals surface area contributed by atoms with Gasteiger partial charge in [-0.1, -0.05) is 25.8 Å². The fraction of sp³-hybridized carbons (Fsp3) is 0.400. The SMILES string of the molecule is CCCCCOC(=O)/C=C/c1ccc(O)cc1C. The lowest BCUT2D eigenvalue weighted by Gasteiger charge is -2.02. The minimum absolute atomic E-state index is 0.229. The molecule has 3 heteroatoms. The number of hydrogen-bond acceptors (Lipinski definition) is 3. The Balaban J connectivity index is 2.45. The highest BCUT2D eigenvalue weighted by molar-refractivity contribution is 5.87. The maximum atomic E-state index is 11.4. The van der Waals surface area contributed by atoms with Crippen molar-refractivity contribution < 1.29 is 14.6 Å². The van der Waals surface area contributed by atoms with Crippen LogP contribution >= 0.6 is 0 Å². The topological polar surface area (TPSA) is 46.5 Å². The van der Waals surface area contributed by atoms with Crippen LogP contribution in [0, 0.1) is 6.92 Å². The molecule has 0 atom stereocenters. The number of carbonyl (C=O) groups is 1. The van der Waals surface area contributed by atoms with Crippen molar-refractivity contribution in [2.45, 2.75) is 33.1 Å². The molecule has 3 nitrogen and oxygen atoms in total. The predicted octanol–water partition coefficient (Wildman–Crippen LogP) is 3.45. The van der Waals surface area contributed by atoms with E-state index in [9.17, 15) is 9.90 Å². The number of rotatable bonds is 6. The lowest BCUT2D eigenvalue weighted by Crippen LogP contribution is -2.02. The standard InChI is InChI=1S/C15H20O3/c1-3-4-5-10-18-15(17)9-7-13-6-8-14(16)11-12(13)2/h6-9,11,16H,3-5,10H2,1-2H3/b9-7+. The minimum Gasteiger partial charge on any atom is -0.508 e. The number of esters is 1. The molecule has 0 aliphatic carbocycles. The molecular formula is C15H20O3. The zero-order chi connectivity index (χ0) is 13.4. The van der Waals surface area contributed by atoms with Gasteiger partial charge < -0.3 is 9.84 Å². The first-order valence-corrected chi connectivity index (χ1v) is 6.28. The lowest BCUT2D eigenvalue weighted by molar-refractivity contribution is -0.137. The number of ether oxygens (including phenoxy) is 1. The molecule has 1 aromatic carbocycles. The fourth-order valence-electron chi connectivity index (χ4n) is 1.58. The Morgan fingerprint density at radius 2 is 2.17 bits per heavy atom. The van der Waals surface area contributed by atoms with Crippen molar-refractivity contribution in [3.63, 3.8) is 0 Å². The number of phenolic OH excluding ortho intramolecular Hbond substituents is 1. The molecule has 0 radical (unpaired) electrons. The van der Waals surface area contributed by atoms with Gasteiger partial charge in [-0.2, -0.15) is 0 Å². The second kappa shape index (κ2) is 7.54. The van der Waals surface area contributed by atoms with Gasteiger partial charge in [0.2, 0.25) is 0 Å². The summed E-state index contributed by atoms with van der Waals surface area (Å²) in [6.07, 6.45) is 6.23. The first kappa shape index (κ1) is 14.3. The van der Waals surface area contributed by atoms with Gasteiger partial charge in [-0.3, -0.25) is 0 Å². The molecule has 0 saturated heterocycles. The average molecular weight is 248 g/mol. The Labute approximate surface area is 108 Å². The summed E-state index contributed by atoms with van der Waals surface area (Å²) in [7, 11) is 0. The number of carbonyl (C=O) groups excluding carboxylic acids is 1. The van der Waals surface area contributed by atoms with Gasteiger partial charge in [0.1, 0.15) is 5.75 Å². The molecule has 0 aromatic heterocycles. The molecule has 0 aliphatic heterocycles. The van der Waals surface area contributed by atoms with Crippen molar-refractivity contribution in [2.24, 2.45) is 0 Å². The number of aromatic hydroxyl groups is 1. The Morgan fingerprint density at radius 3 is 2.83 bits per heavy atom. The van der Waals surface area contributed by atoms with E-state index in [2.05, 4.69) is 6.92 Å². The summed E-state index contributed by atoms with van der Waals surface area (Å²) >= 11 is 0. The van der Waals surface area contributed by atoms with E-state index >= 15 is 0 Å². The van der Waals surface area contributed by atoms with Crippen molar-refractivity contribution in [1.82, 2.24) is 0 Å². The van der Waals surface area contributed by atoms with Gasteiger partial charge in [0.15, 0.2) is 0 Å². The zero-order valence-electron chi connectivity index (χ0n) is 11.0. The van der Waals surface area contributed by atoms with Crippen molar-refractivity contribution in [1.29, 1.82) is 0 Å². The molecule has 98 valence electrons. The van der Waals surface area contributed by atoms with Crippen molar-refractivity contribution in [2.75, 3.05) is 6.61 Å². The monoisotopic (exact) mass is 248 g/mol. The van der Waals surface area contributed by atoms with E-state index in [1.165, 1.54) is 6.08 Å². The maximum absolute atomic E-state index is 11.4. The Hall–Kier alpha value is -1.77. The third-order valence-electron chi connectivity index (χ3n) is 2.64. The molecule has 0 amide bonds. The normalized spacial score (nSPS) is 10.8. The van der Waals surface area contributed by atoms with Crippen LogP contribution in [0.5, 0.6) is 5.75 Å². The van der Waals surface area contributed by atoms with E-state index in [1.807, 2.05) is 6.92 Å². The van der Waals surface area contributed by atoms with Crippen LogP contribution in [0.4, 0.5) is 0 Å². The van der Waals surface area contributed by atoms with Crippen molar-refractivity contribution in [3.8, 4) is 5.75 Å². The van der Waals surface area contributed by atoms with Gasteiger partial charge in [-0.15, -0.1) is 0 Å². The first-order valence-electron chi connectivity index (χ1n) is 6.28. The largest absolute Gasteiger partial charge is 0.508 e. The molecule has 1 aromatic rings. The number of unbranched alkanes of at least 4 members (excludes halogenated alkanes) is 2. The van der Waals surface area contributed by atoms with Crippen LogP contribution in [0.3, 0.4) is 0 Å². The quantitative estimate of drug-likeness (QED) is 0.476. The highest BCUT2D eigenvalue weighted by Crippen LogP contribution is 2.16. The van der Waals surface area contributed by atoms with E-state index in [-0.39, 0.29) is 11.7 Å². The lowest BCUT2D eigenvalue weighted by atomic mass is 10.1. The van der Waals surface area contributed by atoms with Crippen LogP contribution in [0.1, 0.15) is 37.3 Å². The number of phenols is 1. The smallest absolute Gasteiger partial charge is 0.330 e. The summed E-state index contributed by atoms with van der Waals surface area (Å²) in [5.74, 6) is -0.0922. The zero-order valence-corrected chi connectivity index (χ0v) is 11.0. The van der Waals surface area contributed by atoms with E-state index < -0.39 is 0 Å². The molecule has 0 fully saturated rings. The van der Waals surface area contributed by atoms with Gasteiger partial charge in [-0.25, -0.2) is 4.79 Å². The van der Waals surface area contributed by atoms with Crippen LogP contribution in [0.15, 0.2) is 24.3 Å². The molecule has 0 bridgehead atoms. The number of hydrogen-bond donors (Lipinski definition) is 1. The summed E-state index contributed by atoms with van der Waals surface area (Å²) < 4.78 is 5.05. The van der Waals surface area contributed by atoms with Crippen LogP contribution < -0.4 is 0 Å². The van der Waals surface area contributed by atoms with Crippen LogP contribution in [0.25, 0.3) is 6.08 Å². The molecule has 1 rings (SSSR count). The maximum Gasteiger partial charge on any atom is 0.330 e. The highest BCUT2D eigenvalue weighted by Gasteiger charge is 1.99. The Morgan fingerprint density at radius 1 is 1.39 bits per heavy atom.